The summed E-state index contributed by atoms with van der Waals surface area (Å²) in [6.45, 7) is 10.3. The van der Waals surface area contributed by atoms with Crippen LogP contribution in [0.25, 0.3) is 0 Å². The third kappa shape index (κ3) is 5.84. The standard InChI is InChI=1S/C39H63NO11/c1-18-5-8-25-19(2)29-26(40(25)15-18)14-24-22-7-6-20-13-21(9-11-38(20,3)23(22)10-12-39(24,29)4)48-37-34(47)35(31(44)28(17-42)50-37)51-36-33(46)32(45)30(43)27(16-41)49-36/h6,18-19,21-37,41-47H,5,7-17H2,1-4H3/p+1/t18-,19+,21-,22+,23-,24-,25+,26-,27+,28+,29-,30+,31-,32-,33+,34+,35-,36-,37+,38-,39-/m0/s1. The minimum atomic E-state index is -1.72. The van der Waals surface area contributed by atoms with Gasteiger partial charge in [0.15, 0.2) is 12.6 Å². The molecular formula is C39H64NO11+. The third-order valence-electron chi connectivity index (χ3n) is 16.2. The van der Waals surface area contributed by atoms with Gasteiger partial charge in [0.05, 0.1) is 37.9 Å². The van der Waals surface area contributed by atoms with E-state index in [1.807, 2.05) is 4.90 Å². The molecule has 0 bridgehead atoms. The number of rotatable bonds is 6. The van der Waals surface area contributed by atoms with Crippen LogP contribution in [-0.2, 0) is 18.9 Å². The van der Waals surface area contributed by atoms with Crippen molar-refractivity contribution in [1.29, 1.82) is 0 Å². The van der Waals surface area contributed by atoms with Crippen LogP contribution in [0.4, 0.5) is 0 Å². The molecule has 0 aromatic heterocycles. The first-order chi connectivity index (χ1) is 24.3. The molecular weight excluding hydrogens is 658 g/mol. The van der Waals surface area contributed by atoms with Crippen LogP contribution in [0.5, 0.6) is 0 Å². The molecule has 4 heterocycles. The van der Waals surface area contributed by atoms with E-state index < -0.39 is 74.6 Å². The molecule has 7 fully saturated rings. The first-order valence-electron chi connectivity index (χ1n) is 20.1. The van der Waals surface area contributed by atoms with Crippen molar-refractivity contribution < 1.29 is 59.6 Å². The highest BCUT2D eigenvalue weighted by atomic mass is 16.7. The van der Waals surface area contributed by atoms with Crippen LogP contribution in [0.1, 0.15) is 85.5 Å². The maximum absolute atomic E-state index is 11.4. The molecule has 0 radical (unpaired) electrons. The molecule has 12 nitrogen and oxygen atoms in total. The lowest BCUT2D eigenvalue weighted by atomic mass is 9.47. The van der Waals surface area contributed by atoms with Crippen molar-refractivity contribution >= 4 is 0 Å². The fourth-order valence-electron chi connectivity index (χ4n) is 13.6. The van der Waals surface area contributed by atoms with Crippen molar-refractivity contribution in [2.45, 2.75) is 165 Å². The molecule has 0 aromatic carbocycles. The molecule has 8 rings (SSSR count). The quantitative estimate of drug-likeness (QED) is 0.171. The summed E-state index contributed by atoms with van der Waals surface area (Å²) in [5.74, 6) is 4.63. The normalized spacial score (nSPS) is 58.1. The van der Waals surface area contributed by atoms with Crippen molar-refractivity contribution in [3.05, 3.63) is 11.6 Å². The van der Waals surface area contributed by atoms with Gasteiger partial charge in [-0.05, 0) is 73.5 Å². The number of hydrogen-bond acceptors (Lipinski definition) is 11. The van der Waals surface area contributed by atoms with Crippen LogP contribution in [-0.4, -0.2) is 135 Å². The number of quaternary nitrogens is 1. The molecule has 8 N–H and O–H groups in total. The summed E-state index contributed by atoms with van der Waals surface area (Å²) in [5.41, 5.74) is 1.97. The van der Waals surface area contributed by atoms with Gasteiger partial charge >= 0.3 is 0 Å². The topological polar surface area (TPSA) is 183 Å². The number of allylic oxidation sites excluding steroid dienone is 1. The van der Waals surface area contributed by atoms with E-state index in [-0.39, 0.29) is 11.5 Å². The SMILES string of the molecule is C[C@H]1CC[C@@H]2[C@@H](C)[C@H]3[C@H](C[C@H]4[C@@H]5CC=C6C[C@@H](O[C@@H]7O[C@H](CO)[C@H](O)[C@H](O[C@@H]8O[C@H](CO)[C@@H](O)[C@H](O)[C@H]8O)[C@H]7O)CC[C@]6(C)[C@H]5CC[C@]34C)[NH+]2C1. The highest BCUT2D eigenvalue weighted by Gasteiger charge is 2.68. The largest absolute Gasteiger partial charge is 0.394 e. The summed E-state index contributed by atoms with van der Waals surface area (Å²) < 4.78 is 23.6. The fourth-order valence-corrected chi connectivity index (χ4v) is 13.6. The first kappa shape index (κ1) is 37.2. The summed E-state index contributed by atoms with van der Waals surface area (Å²) in [7, 11) is 0. The van der Waals surface area contributed by atoms with Gasteiger partial charge in [0.2, 0.25) is 0 Å². The van der Waals surface area contributed by atoms with E-state index in [4.69, 9.17) is 18.9 Å². The smallest absolute Gasteiger partial charge is 0.187 e. The first-order valence-corrected chi connectivity index (χ1v) is 20.1. The Kier molecular flexibility index (Phi) is 10.0. The second kappa shape index (κ2) is 13.8. The molecule has 51 heavy (non-hydrogen) atoms. The predicted octanol–water partition coefficient (Wildman–Crippen LogP) is -0.114. The van der Waals surface area contributed by atoms with Gasteiger partial charge < -0.3 is 59.6 Å². The van der Waals surface area contributed by atoms with E-state index >= 15 is 0 Å². The molecule has 4 saturated heterocycles. The molecule has 0 aromatic rings. The number of fused-ring (bicyclic) bond motifs is 9. The molecule has 0 spiro atoms. The maximum Gasteiger partial charge on any atom is 0.187 e. The van der Waals surface area contributed by atoms with Crippen molar-refractivity contribution in [1.82, 2.24) is 0 Å². The highest BCUT2D eigenvalue weighted by molar-refractivity contribution is 5.26. The molecule has 4 aliphatic heterocycles. The van der Waals surface area contributed by atoms with E-state index in [0.29, 0.717) is 17.3 Å². The Morgan fingerprint density at radius 1 is 0.784 bits per heavy atom. The second-order valence-electron chi connectivity index (χ2n) is 18.6. The van der Waals surface area contributed by atoms with E-state index in [1.54, 1.807) is 0 Å². The van der Waals surface area contributed by atoms with Gasteiger partial charge in [-0.2, -0.15) is 0 Å². The Balaban J connectivity index is 0.951. The zero-order valence-corrected chi connectivity index (χ0v) is 30.8. The zero-order chi connectivity index (χ0) is 36.1. The van der Waals surface area contributed by atoms with Crippen LogP contribution >= 0.6 is 0 Å². The number of nitrogens with one attached hydrogen (secondary N) is 1. The molecule has 290 valence electrons. The molecule has 22 atom stereocenters. The number of hydrogen-bond donors (Lipinski definition) is 8. The van der Waals surface area contributed by atoms with Gasteiger partial charge in [-0.3, -0.25) is 0 Å². The lowest BCUT2D eigenvalue weighted by Crippen LogP contribution is -3.18. The Labute approximate surface area is 302 Å². The molecule has 1 unspecified atom stereocenters. The molecule has 4 aliphatic carbocycles. The number of ether oxygens (including phenoxy) is 4. The number of aliphatic hydroxyl groups excluding tert-OH is 7. The minimum Gasteiger partial charge on any atom is -0.394 e. The predicted molar refractivity (Wildman–Crippen MR) is 183 cm³/mol. The van der Waals surface area contributed by atoms with Crippen molar-refractivity contribution in [3.8, 4) is 0 Å². The van der Waals surface area contributed by atoms with Gasteiger partial charge in [0.25, 0.3) is 0 Å². The van der Waals surface area contributed by atoms with Crippen LogP contribution in [0, 0.1) is 46.3 Å². The van der Waals surface area contributed by atoms with Gasteiger partial charge in [-0.15, -0.1) is 0 Å². The Morgan fingerprint density at radius 2 is 1.49 bits per heavy atom. The van der Waals surface area contributed by atoms with E-state index in [0.717, 1.165) is 61.4 Å². The molecule has 8 aliphatic rings. The van der Waals surface area contributed by atoms with Crippen LogP contribution in [0.2, 0.25) is 0 Å². The minimum absolute atomic E-state index is 0.104. The fraction of sp³-hybridized carbons (Fsp3) is 0.949. The highest BCUT2D eigenvalue weighted by Crippen LogP contribution is 2.68. The summed E-state index contributed by atoms with van der Waals surface area (Å²) in [6.07, 6.45) is -1.93. The average Bonchev–Trinajstić information content (AvgIpc) is 3.58. The second-order valence-corrected chi connectivity index (χ2v) is 18.6. The number of piperidine rings is 1. The Hall–Kier alpha value is -0.740. The van der Waals surface area contributed by atoms with E-state index in [9.17, 15) is 35.7 Å². The Morgan fingerprint density at radius 3 is 2.22 bits per heavy atom. The third-order valence-corrected chi connectivity index (χ3v) is 16.2. The average molecular weight is 723 g/mol. The zero-order valence-electron chi connectivity index (χ0n) is 30.8. The van der Waals surface area contributed by atoms with Crippen molar-refractivity contribution in [3.63, 3.8) is 0 Å². The summed E-state index contributed by atoms with van der Waals surface area (Å²) in [4.78, 5) is 1.94. The summed E-state index contributed by atoms with van der Waals surface area (Å²) >= 11 is 0. The van der Waals surface area contributed by atoms with Gasteiger partial charge in [0, 0.05) is 30.6 Å². The Bertz CT molecular complexity index is 1300. The lowest BCUT2D eigenvalue weighted by Gasteiger charge is -2.58. The van der Waals surface area contributed by atoms with Gasteiger partial charge in [0.1, 0.15) is 48.8 Å². The van der Waals surface area contributed by atoms with Gasteiger partial charge in [-0.25, -0.2) is 0 Å². The van der Waals surface area contributed by atoms with Gasteiger partial charge in [-0.1, -0.05) is 39.3 Å². The lowest BCUT2D eigenvalue weighted by molar-refractivity contribution is -0.946. The summed E-state index contributed by atoms with van der Waals surface area (Å²) in [5, 5.41) is 72.9. The number of aliphatic hydroxyl groups is 7. The van der Waals surface area contributed by atoms with E-state index in [1.165, 1.54) is 44.2 Å². The molecule has 3 saturated carbocycles. The van der Waals surface area contributed by atoms with Crippen molar-refractivity contribution in [2.75, 3.05) is 19.8 Å². The van der Waals surface area contributed by atoms with Crippen LogP contribution in [0.15, 0.2) is 11.6 Å². The van der Waals surface area contributed by atoms with Crippen LogP contribution in [0.3, 0.4) is 0 Å². The van der Waals surface area contributed by atoms with Crippen molar-refractivity contribution in [2.24, 2.45) is 46.3 Å². The molecule has 12 heteroatoms. The molecule has 0 amide bonds. The van der Waals surface area contributed by atoms with E-state index in [2.05, 4.69) is 33.8 Å². The van der Waals surface area contributed by atoms with Crippen LogP contribution < -0.4 is 4.90 Å². The maximum atomic E-state index is 11.4. The summed E-state index contributed by atoms with van der Waals surface area (Å²) in [6, 6.07) is 1.68. The monoisotopic (exact) mass is 722 g/mol.